The van der Waals surface area contributed by atoms with Gasteiger partial charge in [-0.2, -0.15) is 0 Å². The first-order valence-corrected chi connectivity index (χ1v) is 8.65. The van der Waals surface area contributed by atoms with E-state index in [-0.39, 0.29) is 11.0 Å². The van der Waals surface area contributed by atoms with Crippen molar-refractivity contribution in [3.63, 3.8) is 0 Å². The highest BCUT2D eigenvalue weighted by Gasteiger charge is 2.51. The molecule has 0 bridgehead atoms. The molecule has 4 radical (unpaired) electrons. The molecule has 0 N–H and O–H groups in total. The van der Waals surface area contributed by atoms with Crippen molar-refractivity contribution >= 4 is 25.7 Å². The Morgan fingerprint density at radius 1 is 1.05 bits per heavy atom. The quantitative estimate of drug-likeness (QED) is 0.351. The van der Waals surface area contributed by atoms with E-state index in [1.807, 2.05) is 27.7 Å². The Kier molecular flexibility index (Phi) is 13.4. The molecule has 5 nitrogen and oxygen atoms in total. The molecule has 0 aromatic carbocycles. The number of carbonyl (C=O) groups excluding carboxylic acids is 1. The van der Waals surface area contributed by atoms with Crippen LogP contribution in [-0.2, 0) is 22.8 Å². The van der Waals surface area contributed by atoms with Gasteiger partial charge in [-0.15, -0.1) is 0 Å². The monoisotopic (exact) mass is 318 g/mol. The number of hydrogen-bond donors (Lipinski definition) is 0. The number of hydrogen-bond acceptors (Lipinski definition) is 5. The van der Waals surface area contributed by atoms with E-state index in [0.717, 1.165) is 0 Å². The maximum Gasteiger partial charge on any atom is 0.544 e. The minimum Gasteiger partial charge on any atom is -0.455 e. The average molecular weight is 319 g/mol. The van der Waals surface area contributed by atoms with E-state index in [9.17, 15) is 4.79 Å². The van der Waals surface area contributed by atoms with Crippen molar-refractivity contribution in [3.8, 4) is 0 Å². The SMILES string of the molecule is C/C=C/C(=O)OC(CC)[Si](OCC)(OCC)OCC.[Si]. The van der Waals surface area contributed by atoms with Gasteiger partial charge in [0.25, 0.3) is 0 Å². The summed E-state index contributed by atoms with van der Waals surface area (Å²) in [5, 5.41) is 0. The van der Waals surface area contributed by atoms with Gasteiger partial charge >= 0.3 is 14.8 Å². The second-order valence-corrected chi connectivity index (χ2v) is 6.45. The Morgan fingerprint density at radius 2 is 1.50 bits per heavy atom. The summed E-state index contributed by atoms with van der Waals surface area (Å²) < 4.78 is 22.6. The smallest absolute Gasteiger partial charge is 0.455 e. The van der Waals surface area contributed by atoms with Gasteiger partial charge in [-0.25, -0.2) is 4.79 Å². The number of carbonyl (C=O) groups is 1. The topological polar surface area (TPSA) is 54.0 Å². The molecule has 0 saturated heterocycles. The van der Waals surface area contributed by atoms with E-state index in [1.54, 1.807) is 13.0 Å². The third kappa shape index (κ3) is 6.80. The molecule has 7 heteroatoms. The van der Waals surface area contributed by atoms with Crippen LogP contribution < -0.4 is 0 Å². The first kappa shape index (κ1) is 21.8. The van der Waals surface area contributed by atoms with Gasteiger partial charge in [0.1, 0.15) is 0 Å². The lowest BCUT2D eigenvalue weighted by atomic mass is 10.5. The van der Waals surface area contributed by atoms with Crippen molar-refractivity contribution in [3.05, 3.63) is 12.2 Å². The molecule has 1 unspecified atom stereocenters. The van der Waals surface area contributed by atoms with E-state index in [2.05, 4.69) is 0 Å². The molecule has 0 amide bonds. The molecule has 0 saturated carbocycles. The van der Waals surface area contributed by atoms with Gasteiger partial charge in [0, 0.05) is 36.9 Å². The van der Waals surface area contributed by atoms with E-state index >= 15 is 0 Å². The molecule has 0 aromatic heterocycles. The largest absolute Gasteiger partial charge is 0.544 e. The van der Waals surface area contributed by atoms with Crippen LogP contribution in [0.2, 0.25) is 0 Å². The molecule has 0 aliphatic heterocycles. The van der Waals surface area contributed by atoms with Crippen LogP contribution in [0.4, 0.5) is 0 Å². The number of esters is 1. The fourth-order valence-electron chi connectivity index (χ4n) is 1.73. The molecular weight excluding hydrogens is 292 g/mol. The standard InChI is InChI=1S/C13H26O5Si.Si/c1-6-11-12(14)18-13(7-2)19(15-8-3,16-9-4)17-10-5;/h6,11,13H,7-10H2,1-5H3;/b11-6+;. The normalized spacial score (nSPS) is 13.1. The van der Waals surface area contributed by atoms with Gasteiger partial charge in [0.2, 0.25) is 0 Å². The highest BCUT2D eigenvalue weighted by molar-refractivity contribution is 6.62. The second-order valence-electron chi connectivity index (χ2n) is 3.74. The molecular formula is C13H26O5Si2. The summed E-state index contributed by atoms with van der Waals surface area (Å²) in [5.74, 6) is -0.398. The maximum atomic E-state index is 11.6. The fourth-order valence-corrected chi connectivity index (χ4v) is 4.50. The van der Waals surface area contributed by atoms with E-state index in [0.29, 0.717) is 26.2 Å². The predicted octanol–water partition coefficient (Wildman–Crippen LogP) is 2.09. The van der Waals surface area contributed by atoms with Crippen molar-refractivity contribution in [1.29, 1.82) is 0 Å². The lowest BCUT2D eigenvalue weighted by Gasteiger charge is -2.33. The van der Waals surface area contributed by atoms with Gasteiger partial charge in [0.05, 0.1) is 0 Å². The van der Waals surface area contributed by atoms with Crippen LogP contribution in [0.3, 0.4) is 0 Å². The number of ether oxygens (including phenoxy) is 1. The van der Waals surface area contributed by atoms with Crippen LogP contribution in [0.15, 0.2) is 12.2 Å². The maximum absolute atomic E-state index is 11.6. The van der Waals surface area contributed by atoms with Crippen LogP contribution in [0, 0.1) is 0 Å². The van der Waals surface area contributed by atoms with E-state index in [4.69, 9.17) is 18.0 Å². The zero-order valence-electron chi connectivity index (χ0n) is 13.1. The molecule has 0 aromatic rings. The predicted molar refractivity (Wildman–Crippen MR) is 81.4 cm³/mol. The Labute approximate surface area is 128 Å². The van der Waals surface area contributed by atoms with E-state index in [1.165, 1.54) is 6.08 Å². The van der Waals surface area contributed by atoms with Crippen molar-refractivity contribution in [2.75, 3.05) is 19.8 Å². The number of rotatable bonds is 10. The first-order valence-electron chi connectivity index (χ1n) is 6.85. The molecule has 0 fully saturated rings. The molecule has 1 atom stereocenters. The molecule has 116 valence electrons. The highest BCUT2D eigenvalue weighted by Crippen LogP contribution is 2.21. The van der Waals surface area contributed by atoms with Crippen molar-refractivity contribution in [1.82, 2.24) is 0 Å². The Hall–Kier alpha value is -0.476. The highest BCUT2D eigenvalue weighted by atomic mass is 28.4. The molecule has 0 aliphatic rings. The van der Waals surface area contributed by atoms with Crippen LogP contribution in [-0.4, -0.2) is 51.3 Å². The van der Waals surface area contributed by atoms with Crippen LogP contribution >= 0.6 is 0 Å². The van der Waals surface area contributed by atoms with Gasteiger partial charge in [-0.3, -0.25) is 0 Å². The fraction of sp³-hybridized carbons (Fsp3) is 0.769. The zero-order valence-corrected chi connectivity index (χ0v) is 15.1. The van der Waals surface area contributed by atoms with Crippen LogP contribution in [0.25, 0.3) is 0 Å². The Morgan fingerprint density at radius 3 is 1.80 bits per heavy atom. The minimum atomic E-state index is -2.99. The van der Waals surface area contributed by atoms with Crippen LogP contribution in [0.5, 0.6) is 0 Å². The van der Waals surface area contributed by atoms with Crippen LogP contribution in [0.1, 0.15) is 41.0 Å². The third-order valence-electron chi connectivity index (χ3n) is 2.36. The number of allylic oxidation sites excluding steroid dienone is 1. The minimum absolute atomic E-state index is 0. The zero-order chi connectivity index (χ0) is 14.7. The summed E-state index contributed by atoms with van der Waals surface area (Å²) in [6.45, 7) is 10.7. The molecule has 20 heavy (non-hydrogen) atoms. The van der Waals surface area contributed by atoms with Gasteiger partial charge in [0.15, 0.2) is 5.73 Å². The van der Waals surface area contributed by atoms with E-state index < -0.39 is 20.5 Å². The molecule has 0 heterocycles. The van der Waals surface area contributed by atoms with Gasteiger partial charge in [-0.1, -0.05) is 13.0 Å². The van der Waals surface area contributed by atoms with Crippen molar-refractivity contribution in [2.24, 2.45) is 0 Å². The summed E-state index contributed by atoms with van der Waals surface area (Å²) in [5.41, 5.74) is -0.476. The summed E-state index contributed by atoms with van der Waals surface area (Å²) >= 11 is 0. The first-order chi connectivity index (χ1) is 9.10. The summed E-state index contributed by atoms with van der Waals surface area (Å²) in [6.07, 6.45) is 3.61. The summed E-state index contributed by atoms with van der Waals surface area (Å²) in [7, 11) is -2.99. The van der Waals surface area contributed by atoms with Crippen molar-refractivity contribution in [2.45, 2.75) is 46.8 Å². The Bertz CT molecular complexity index is 267. The van der Waals surface area contributed by atoms with Gasteiger partial charge in [-0.05, 0) is 34.1 Å². The average Bonchev–Trinajstić information content (AvgIpc) is 2.37. The molecule has 0 spiro atoms. The molecule has 0 aliphatic carbocycles. The third-order valence-corrected chi connectivity index (χ3v) is 5.75. The lowest BCUT2D eigenvalue weighted by molar-refractivity contribution is -0.143. The second kappa shape index (κ2) is 12.3. The van der Waals surface area contributed by atoms with Gasteiger partial charge < -0.3 is 18.0 Å². The lowest BCUT2D eigenvalue weighted by Crippen LogP contribution is -2.57. The molecule has 0 rings (SSSR count). The summed E-state index contributed by atoms with van der Waals surface area (Å²) in [6, 6.07) is 0. The Balaban J connectivity index is 0. The summed E-state index contributed by atoms with van der Waals surface area (Å²) in [4.78, 5) is 11.6. The van der Waals surface area contributed by atoms with Crippen molar-refractivity contribution < 1.29 is 22.8 Å².